The fraction of sp³-hybridized carbons (Fsp3) is 0.217. The average Bonchev–Trinajstić information content (AvgIpc) is 3.02. The Morgan fingerprint density at radius 1 is 0.931 bits per heavy atom. The lowest BCUT2D eigenvalue weighted by atomic mass is 10.1. The highest BCUT2D eigenvalue weighted by molar-refractivity contribution is 7.18. The first-order valence-electron chi connectivity index (χ1n) is 9.38. The summed E-state index contributed by atoms with van der Waals surface area (Å²) < 4.78 is 10.8. The molecule has 148 valence electrons. The van der Waals surface area contributed by atoms with Crippen LogP contribution < -0.4 is 14.8 Å². The van der Waals surface area contributed by atoms with Crippen molar-refractivity contribution in [3.8, 4) is 11.5 Å². The second-order valence-electron chi connectivity index (χ2n) is 6.81. The van der Waals surface area contributed by atoms with Crippen LogP contribution in [-0.4, -0.2) is 24.2 Å². The lowest BCUT2D eigenvalue weighted by Crippen LogP contribution is -2.02. The number of ether oxygens (including phenoxy) is 2. The molecule has 0 aliphatic heterocycles. The van der Waals surface area contributed by atoms with Gasteiger partial charge in [-0.2, -0.15) is 0 Å². The van der Waals surface area contributed by atoms with Gasteiger partial charge in [0.15, 0.2) is 11.5 Å². The number of hydrogen-bond donors (Lipinski definition) is 1. The number of fused-ring (bicyclic) bond motifs is 1. The molecule has 0 amide bonds. The zero-order valence-corrected chi connectivity index (χ0v) is 17.8. The Morgan fingerprint density at radius 2 is 1.69 bits per heavy atom. The van der Waals surface area contributed by atoms with Crippen molar-refractivity contribution in [2.45, 2.75) is 20.3 Å². The van der Waals surface area contributed by atoms with E-state index in [1.165, 1.54) is 16.0 Å². The molecule has 1 N–H and O–H groups in total. The van der Waals surface area contributed by atoms with Crippen molar-refractivity contribution in [2.75, 3.05) is 19.5 Å². The number of nitrogens with one attached hydrogen (secondary N) is 1. The molecule has 0 spiro atoms. The Bertz CT molecular complexity index is 1160. The number of methoxy groups -OCH3 is 2. The Kier molecular flexibility index (Phi) is 5.36. The minimum absolute atomic E-state index is 0.672. The fourth-order valence-corrected chi connectivity index (χ4v) is 4.34. The molecule has 2 heterocycles. The van der Waals surface area contributed by atoms with E-state index in [1.807, 2.05) is 36.4 Å². The normalized spacial score (nSPS) is 10.9. The van der Waals surface area contributed by atoms with Crippen molar-refractivity contribution in [1.29, 1.82) is 0 Å². The highest BCUT2D eigenvalue weighted by Gasteiger charge is 2.16. The van der Waals surface area contributed by atoms with Gasteiger partial charge in [0.05, 0.1) is 19.6 Å². The number of anilines is 2. The molecule has 0 unspecified atom stereocenters. The van der Waals surface area contributed by atoms with E-state index in [0.29, 0.717) is 17.9 Å². The molecule has 0 fully saturated rings. The minimum Gasteiger partial charge on any atom is -0.493 e. The molecule has 0 saturated carbocycles. The third-order valence-electron chi connectivity index (χ3n) is 4.93. The monoisotopic (exact) mass is 405 g/mol. The quantitative estimate of drug-likeness (QED) is 0.449. The molecule has 0 bridgehead atoms. The molecule has 0 atom stereocenters. The summed E-state index contributed by atoms with van der Waals surface area (Å²) >= 11 is 1.71. The molecule has 5 nitrogen and oxygen atoms in total. The zero-order chi connectivity index (χ0) is 20.4. The first-order valence-corrected chi connectivity index (χ1v) is 10.2. The first kappa shape index (κ1) is 19.2. The maximum absolute atomic E-state index is 5.44. The number of benzene rings is 2. The van der Waals surface area contributed by atoms with Crippen molar-refractivity contribution >= 4 is 33.1 Å². The van der Waals surface area contributed by atoms with Gasteiger partial charge in [-0.05, 0) is 37.1 Å². The summed E-state index contributed by atoms with van der Waals surface area (Å²) in [6.07, 6.45) is 0.688. The number of aryl methyl sites for hydroxylation is 2. The third-order valence-corrected chi connectivity index (χ3v) is 6.03. The molecule has 4 rings (SSSR count). The van der Waals surface area contributed by atoms with Crippen LogP contribution >= 0.6 is 11.3 Å². The molecule has 0 radical (unpaired) electrons. The maximum Gasteiger partial charge on any atom is 0.162 e. The summed E-state index contributed by atoms with van der Waals surface area (Å²) in [7, 11) is 3.27. The van der Waals surface area contributed by atoms with Crippen LogP contribution in [0, 0.1) is 13.8 Å². The Balaban J connectivity index is 1.77. The predicted molar refractivity (Wildman–Crippen MR) is 119 cm³/mol. The van der Waals surface area contributed by atoms with Crippen molar-refractivity contribution < 1.29 is 9.47 Å². The smallest absolute Gasteiger partial charge is 0.162 e. The molecule has 2 aromatic carbocycles. The van der Waals surface area contributed by atoms with Crippen LogP contribution in [0.2, 0.25) is 0 Å². The van der Waals surface area contributed by atoms with Crippen LogP contribution in [0.5, 0.6) is 11.5 Å². The molecule has 0 aliphatic carbocycles. The predicted octanol–water partition coefficient (Wildman–Crippen LogP) is 5.66. The van der Waals surface area contributed by atoms with Gasteiger partial charge in [-0.3, -0.25) is 0 Å². The Labute approximate surface area is 174 Å². The van der Waals surface area contributed by atoms with E-state index in [2.05, 4.69) is 31.3 Å². The summed E-state index contributed by atoms with van der Waals surface area (Å²) in [4.78, 5) is 12.0. The second kappa shape index (κ2) is 8.09. The molecular weight excluding hydrogens is 382 g/mol. The summed E-state index contributed by atoms with van der Waals surface area (Å²) in [6.45, 7) is 4.24. The number of thiophene rings is 1. The van der Waals surface area contributed by atoms with E-state index in [4.69, 9.17) is 19.4 Å². The Morgan fingerprint density at radius 3 is 2.41 bits per heavy atom. The second-order valence-corrected chi connectivity index (χ2v) is 8.01. The third kappa shape index (κ3) is 3.89. The number of hydrogen-bond acceptors (Lipinski definition) is 6. The van der Waals surface area contributed by atoms with Gasteiger partial charge in [-0.25, -0.2) is 9.97 Å². The van der Waals surface area contributed by atoms with Crippen LogP contribution in [0.4, 0.5) is 11.5 Å². The standard InChI is InChI=1S/C23H23N3O2S/c1-14-15(2)29-23-21(14)22(24-17-10-11-18(27-3)19(13-17)28-4)25-20(26-23)12-16-8-6-5-7-9-16/h5-11,13H,12H2,1-4H3,(H,24,25,26). The lowest BCUT2D eigenvalue weighted by Gasteiger charge is -2.13. The van der Waals surface area contributed by atoms with Gasteiger partial charge in [0.1, 0.15) is 16.5 Å². The van der Waals surface area contributed by atoms with Gasteiger partial charge in [0.25, 0.3) is 0 Å². The van der Waals surface area contributed by atoms with Crippen molar-refractivity contribution in [2.24, 2.45) is 0 Å². The van der Waals surface area contributed by atoms with Crippen LogP contribution in [0.3, 0.4) is 0 Å². The lowest BCUT2D eigenvalue weighted by molar-refractivity contribution is 0.355. The van der Waals surface area contributed by atoms with E-state index in [-0.39, 0.29) is 0 Å². The first-order chi connectivity index (χ1) is 14.1. The van der Waals surface area contributed by atoms with Crippen molar-refractivity contribution in [3.63, 3.8) is 0 Å². The minimum atomic E-state index is 0.672. The van der Waals surface area contributed by atoms with Gasteiger partial charge >= 0.3 is 0 Å². The van der Waals surface area contributed by atoms with Gasteiger partial charge in [-0.1, -0.05) is 30.3 Å². The number of nitrogens with zero attached hydrogens (tertiary/aromatic N) is 2. The van der Waals surface area contributed by atoms with Gasteiger partial charge in [0.2, 0.25) is 0 Å². The molecule has 2 aromatic heterocycles. The summed E-state index contributed by atoms with van der Waals surface area (Å²) in [5.41, 5.74) is 3.28. The van der Waals surface area contributed by atoms with Gasteiger partial charge in [0, 0.05) is 23.1 Å². The van der Waals surface area contributed by atoms with Gasteiger partial charge in [-0.15, -0.1) is 11.3 Å². The molecule has 29 heavy (non-hydrogen) atoms. The summed E-state index contributed by atoms with van der Waals surface area (Å²) in [5, 5.41) is 4.54. The highest BCUT2D eigenvalue weighted by atomic mass is 32.1. The number of rotatable bonds is 6. The SMILES string of the molecule is COc1ccc(Nc2nc(Cc3ccccc3)nc3sc(C)c(C)c23)cc1OC. The Hall–Kier alpha value is -3.12. The molecule has 6 heteroatoms. The van der Waals surface area contributed by atoms with E-state index < -0.39 is 0 Å². The van der Waals surface area contributed by atoms with Crippen LogP contribution in [0.1, 0.15) is 21.8 Å². The number of aromatic nitrogens is 2. The van der Waals surface area contributed by atoms with Gasteiger partial charge < -0.3 is 14.8 Å². The van der Waals surface area contributed by atoms with E-state index in [1.54, 1.807) is 25.6 Å². The van der Waals surface area contributed by atoms with E-state index >= 15 is 0 Å². The maximum atomic E-state index is 5.44. The fourth-order valence-electron chi connectivity index (χ4n) is 3.29. The topological polar surface area (TPSA) is 56.3 Å². The largest absolute Gasteiger partial charge is 0.493 e. The van der Waals surface area contributed by atoms with Crippen LogP contribution in [0.25, 0.3) is 10.2 Å². The highest BCUT2D eigenvalue weighted by Crippen LogP contribution is 2.36. The molecule has 4 aromatic rings. The summed E-state index contributed by atoms with van der Waals surface area (Å²) in [6, 6.07) is 16.0. The molecule has 0 aliphatic rings. The van der Waals surface area contributed by atoms with E-state index in [9.17, 15) is 0 Å². The zero-order valence-electron chi connectivity index (χ0n) is 16.9. The molecule has 0 saturated heterocycles. The van der Waals surface area contributed by atoms with Crippen molar-refractivity contribution in [3.05, 3.63) is 70.4 Å². The van der Waals surface area contributed by atoms with Crippen LogP contribution in [-0.2, 0) is 6.42 Å². The van der Waals surface area contributed by atoms with Crippen LogP contribution in [0.15, 0.2) is 48.5 Å². The molecular formula is C23H23N3O2S. The van der Waals surface area contributed by atoms with Crippen molar-refractivity contribution in [1.82, 2.24) is 9.97 Å². The average molecular weight is 406 g/mol. The van der Waals surface area contributed by atoms with E-state index in [0.717, 1.165) is 27.5 Å². The summed E-state index contributed by atoms with van der Waals surface area (Å²) in [5.74, 6) is 2.98.